The highest BCUT2D eigenvalue weighted by Gasteiger charge is 2.40. The first kappa shape index (κ1) is 21.5. The minimum absolute atomic E-state index is 0.0717. The van der Waals surface area contributed by atoms with Crippen molar-refractivity contribution in [3.63, 3.8) is 0 Å². The van der Waals surface area contributed by atoms with Gasteiger partial charge in [0.25, 0.3) is 10.0 Å². The van der Waals surface area contributed by atoms with E-state index in [1.165, 1.54) is 42.6 Å². The van der Waals surface area contributed by atoms with Crippen LogP contribution in [0.1, 0.15) is 25.0 Å². The first-order chi connectivity index (χ1) is 14.6. The normalized spacial score (nSPS) is 18.9. The van der Waals surface area contributed by atoms with Crippen molar-refractivity contribution in [3.8, 4) is 5.75 Å². The molecular formula is C20H21BFN3O5S. The number of nitrogens with zero attached hydrogens (tertiary/aromatic N) is 3. The molecule has 0 unspecified atom stereocenters. The Kier molecular flexibility index (Phi) is 5.36. The Labute approximate surface area is 180 Å². The number of amidine groups is 1. The standard InChI is InChI=1S/C20H21BFN3O5S/c1-20(2)12-29-21(30-20)14-6-7-15-18(10-14)31(26,27)24-19(15)25(3)23-11-13-5-8-16(22)17(9-13)28-4/h5-11H,12H2,1-4H3/b23-11+. The predicted octanol–water partition coefficient (Wildman–Crippen LogP) is 1.77. The lowest BCUT2D eigenvalue weighted by molar-refractivity contribution is 0.137. The van der Waals surface area contributed by atoms with Gasteiger partial charge in [-0.25, -0.2) is 9.40 Å². The SMILES string of the molecule is COc1cc(/C=N/N(C)C2=NS(=O)(=O)c3cc(B4OCC(C)(C)O4)ccc32)ccc1F. The summed E-state index contributed by atoms with van der Waals surface area (Å²) in [6.07, 6.45) is 1.46. The summed E-state index contributed by atoms with van der Waals surface area (Å²) in [5.41, 5.74) is 1.17. The third-order valence-corrected chi connectivity index (χ3v) is 6.18. The second kappa shape index (κ2) is 7.74. The second-order valence-corrected chi connectivity index (χ2v) is 9.40. The predicted molar refractivity (Wildman–Crippen MR) is 115 cm³/mol. The molecule has 0 aliphatic carbocycles. The highest BCUT2D eigenvalue weighted by atomic mass is 32.2. The Morgan fingerprint density at radius 2 is 2.06 bits per heavy atom. The number of hydrazone groups is 1. The fourth-order valence-electron chi connectivity index (χ4n) is 3.29. The molecule has 0 N–H and O–H groups in total. The van der Waals surface area contributed by atoms with E-state index in [1.807, 2.05) is 13.8 Å². The van der Waals surface area contributed by atoms with Crippen molar-refractivity contribution in [2.75, 3.05) is 20.8 Å². The van der Waals surface area contributed by atoms with E-state index in [9.17, 15) is 12.8 Å². The van der Waals surface area contributed by atoms with Crippen LogP contribution >= 0.6 is 0 Å². The first-order valence-electron chi connectivity index (χ1n) is 9.50. The molecule has 2 heterocycles. The van der Waals surface area contributed by atoms with Gasteiger partial charge >= 0.3 is 7.12 Å². The lowest BCUT2D eigenvalue weighted by Gasteiger charge is -2.16. The van der Waals surface area contributed by atoms with Gasteiger partial charge in [0.1, 0.15) is 4.90 Å². The molecule has 1 saturated heterocycles. The smallest absolute Gasteiger partial charge is 0.494 e. The summed E-state index contributed by atoms with van der Waals surface area (Å²) in [6.45, 7) is 4.22. The number of sulfonamides is 1. The van der Waals surface area contributed by atoms with Crippen molar-refractivity contribution in [1.29, 1.82) is 0 Å². The van der Waals surface area contributed by atoms with Crippen LogP contribution in [0, 0.1) is 5.82 Å². The summed E-state index contributed by atoms with van der Waals surface area (Å²) >= 11 is 0. The Balaban J connectivity index is 1.60. The van der Waals surface area contributed by atoms with Crippen molar-refractivity contribution in [2.24, 2.45) is 9.50 Å². The average molecular weight is 445 g/mol. The Hall–Kier alpha value is -2.76. The van der Waals surface area contributed by atoms with Gasteiger partial charge < -0.3 is 14.0 Å². The van der Waals surface area contributed by atoms with Gasteiger partial charge in [-0.2, -0.15) is 13.5 Å². The fraction of sp³-hybridized carbons (Fsp3) is 0.300. The van der Waals surface area contributed by atoms with Crippen LogP contribution in [0.25, 0.3) is 0 Å². The maximum Gasteiger partial charge on any atom is 0.494 e. The molecular weight excluding hydrogens is 424 g/mol. The third kappa shape index (κ3) is 4.21. The van der Waals surface area contributed by atoms with E-state index in [0.717, 1.165) is 0 Å². The van der Waals surface area contributed by atoms with Gasteiger partial charge in [0, 0.05) is 12.6 Å². The van der Waals surface area contributed by atoms with E-state index in [1.54, 1.807) is 19.2 Å². The summed E-state index contributed by atoms with van der Waals surface area (Å²) < 4.78 is 59.2. The molecule has 0 saturated carbocycles. The van der Waals surface area contributed by atoms with E-state index in [2.05, 4.69) is 9.50 Å². The summed E-state index contributed by atoms with van der Waals surface area (Å²) in [6, 6.07) is 9.23. The zero-order valence-corrected chi connectivity index (χ0v) is 18.3. The number of hydrogen-bond donors (Lipinski definition) is 0. The maximum atomic E-state index is 13.6. The Morgan fingerprint density at radius 1 is 1.29 bits per heavy atom. The molecule has 4 rings (SSSR count). The quantitative estimate of drug-likeness (QED) is 0.405. The van der Waals surface area contributed by atoms with E-state index in [4.69, 9.17) is 14.0 Å². The number of fused-ring (bicyclic) bond motifs is 1. The van der Waals surface area contributed by atoms with Crippen LogP contribution in [0.3, 0.4) is 0 Å². The number of ether oxygens (including phenoxy) is 1. The lowest BCUT2D eigenvalue weighted by Crippen LogP contribution is -2.35. The second-order valence-electron chi connectivity index (χ2n) is 7.83. The average Bonchev–Trinajstić information content (AvgIpc) is 3.23. The molecule has 2 aliphatic rings. The number of halogens is 1. The molecule has 1 fully saturated rings. The van der Waals surface area contributed by atoms with Crippen molar-refractivity contribution in [3.05, 3.63) is 53.3 Å². The molecule has 0 radical (unpaired) electrons. The van der Waals surface area contributed by atoms with Crippen molar-refractivity contribution in [2.45, 2.75) is 24.3 Å². The molecule has 0 amide bonds. The molecule has 0 aromatic heterocycles. The van der Waals surface area contributed by atoms with Crippen LogP contribution in [0.15, 0.2) is 50.8 Å². The molecule has 0 bridgehead atoms. The van der Waals surface area contributed by atoms with E-state index >= 15 is 0 Å². The van der Waals surface area contributed by atoms with Gasteiger partial charge in [-0.05, 0) is 43.1 Å². The zero-order valence-electron chi connectivity index (χ0n) is 17.5. The van der Waals surface area contributed by atoms with Gasteiger partial charge in [-0.15, -0.1) is 4.40 Å². The summed E-state index contributed by atoms with van der Waals surface area (Å²) in [7, 11) is -1.57. The van der Waals surface area contributed by atoms with Gasteiger partial charge in [0.05, 0.1) is 25.5 Å². The van der Waals surface area contributed by atoms with Crippen molar-refractivity contribution in [1.82, 2.24) is 5.01 Å². The zero-order chi connectivity index (χ0) is 22.4. The van der Waals surface area contributed by atoms with Gasteiger partial charge in [-0.1, -0.05) is 18.2 Å². The third-order valence-electron chi connectivity index (χ3n) is 4.87. The van der Waals surface area contributed by atoms with Crippen LogP contribution in [-0.2, 0) is 19.3 Å². The van der Waals surface area contributed by atoms with Crippen LogP contribution < -0.4 is 10.2 Å². The van der Waals surface area contributed by atoms with Crippen LogP contribution in [0.2, 0.25) is 0 Å². The summed E-state index contributed by atoms with van der Waals surface area (Å²) in [4.78, 5) is 0.0717. The number of benzene rings is 2. The van der Waals surface area contributed by atoms with Crippen LogP contribution in [-0.4, -0.2) is 59.0 Å². The van der Waals surface area contributed by atoms with Gasteiger partial charge in [0.15, 0.2) is 17.4 Å². The van der Waals surface area contributed by atoms with Crippen molar-refractivity contribution >= 4 is 34.7 Å². The van der Waals surface area contributed by atoms with Gasteiger partial charge in [0.2, 0.25) is 0 Å². The largest absolute Gasteiger partial charge is 0.494 e. The number of hydrogen-bond acceptors (Lipinski definition) is 7. The molecule has 162 valence electrons. The maximum absolute atomic E-state index is 13.6. The summed E-state index contributed by atoms with van der Waals surface area (Å²) in [5.74, 6) is -0.215. The fourth-order valence-corrected chi connectivity index (χ4v) is 4.56. The van der Waals surface area contributed by atoms with Gasteiger partial charge in [-0.3, -0.25) is 0 Å². The Morgan fingerprint density at radius 3 is 2.74 bits per heavy atom. The van der Waals surface area contributed by atoms with E-state index < -0.39 is 28.6 Å². The van der Waals surface area contributed by atoms with Crippen molar-refractivity contribution < 1.29 is 26.9 Å². The van der Waals surface area contributed by atoms with Crippen LogP contribution in [0.4, 0.5) is 4.39 Å². The molecule has 11 heteroatoms. The molecule has 2 aliphatic heterocycles. The lowest BCUT2D eigenvalue weighted by atomic mass is 9.79. The first-order valence-corrected chi connectivity index (χ1v) is 10.9. The summed E-state index contributed by atoms with van der Waals surface area (Å²) in [5, 5.41) is 5.60. The minimum Gasteiger partial charge on any atom is -0.494 e. The molecule has 0 atom stereocenters. The monoisotopic (exact) mass is 445 g/mol. The molecule has 2 aromatic rings. The number of rotatable bonds is 4. The topological polar surface area (TPSA) is 89.8 Å². The highest BCUT2D eigenvalue weighted by molar-refractivity contribution is 7.90. The molecule has 8 nitrogen and oxygen atoms in total. The molecule has 2 aromatic carbocycles. The van der Waals surface area contributed by atoms with Crippen LogP contribution in [0.5, 0.6) is 5.75 Å². The Bertz CT molecular complexity index is 1200. The molecule has 31 heavy (non-hydrogen) atoms. The van der Waals surface area contributed by atoms with E-state index in [-0.39, 0.29) is 16.5 Å². The number of methoxy groups -OCH3 is 1. The molecule has 0 spiro atoms. The minimum atomic E-state index is -3.89. The highest BCUT2D eigenvalue weighted by Crippen LogP contribution is 2.28. The van der Waals surface area contributed by atoms with E-state index in [0.29, 0.717) is 23.2 Å².